The Kier molecular flexibility index (Phi) is 7.73. The Morgan fingerprint density at radius 2 is 1.74 bits per heavy atom. The van der Waals surface area contributed by atoms with Gasteiger partial charge in [-0.1, -0.05) is 18.2 Å². The number of hydrogen-bond acceptors (Lipinski definition) is 7. The number of para-hydroxylation sites is 1. The molecule has 1 N–H and O–H groups in total. The normalized spacial score (nSPS) is 20.3. The van der Waals surface area contributed by atoms with Gasteiger partial charge in [-0.15, -0.1) is 0 Å². The van der Waals surface area contributed by atoms with Gasteiger partial charge < -0.3 is 24.2 Å². The first-order valence-electron chi connectivity index (χ1n) is 11.8. The third kappa shape index (κ3) is 5.04. The van der Waals surface area contributed by atoms with Crippen LogP contribution in [0.1, 0.15) is 29.2 Å². The van der Waals surface area contributed by atoms with Crippen LogP contribution in [0.25, 0.3) is 5.76 Å². The van der Waals surface area contributed by atoms with Crippen molar-refractivity contribution >= 4 is 17.4 Å². The summed E-state index contributed by atoms with van der Waals surface area (Å²) in [6.07, 6.45) is 0.695. The van der Waals surface area contributed by atoms with Crippen molar-refractivity contribution in [1.29, 1.82) is 0 Å². The van der Waals surface area contributed by atoms with Gasteiger partial charge in [-0.05, 0) is 43.2 Å². The van der Waals surface area contributed by atoms with E-state index in [1.165, 1.54) is 0 Å². The van der Waals surface area contributed by atoms with Crippen molar-refractivity contribution in [2.24, 2.45) is 0 Å². The highest BCUT2D eigenvalue weighted by Crippen LogP contribution is 2.43. The van der Waals surface area contributed by atoms with Crippen molar-refractivity contribution in [3.05, 3.63) is 64.7 Å². The number of carbonyl (C=O) groups is 2. The smallest absolute Gasteiger partial charge is 0.295 e. The lowest BCUT2D eigenvalue weighted by atomic mass is 9.94. The van der Waals surface area contributed by atoms with Gasteiger partial charge in [0.05, 0.1) is 39.0 Å². The lowest BCUT2D eigenvalue weighted by Crippen LogP contribution is -2.39. The second-order valence-electron chi connectivity index (χ2n) is 8.73. The van der Waals surface area contributed by atoms with Crippen molar-refractivity contribution in [2.75, 3.05) is 53.6 Å². The number of ketones is 1. The predicted molar refractivity (Wildman–Crippen MR) is 132 cm³/mol. The fourth-order valence-corrected chi connectivity index (χ4v) is 4.80. The molecule has 0 spiro atoms. The number of amides is 1. The van der Waals surface area contributed by atoms with Gasteiger partial charge >= 0.3 is 0 Å². The van der Waals surface area contributed by atoms with E-state index < -0.39 is 17.7 Å². The summed E-state index contributed by atoms with van der Waals surface area (Å²) in [5.74, 6) is -0.297. The minimum absolute atomic E-state index is 0.0652. The molecule has 2 fully saturated rings. The number of benzene rings is 2. The van der Waals surface area contributed by atoms with Crippen LogP contribution in [0.5, 0.6) is 11.5 Å². The highest BCUT2D eigenvalue weighted by molar-refractivity contribution is 6.46. The fourth-order valence-electron chi connectivity index (χ4n) is 4.80. The van der Waals surface area contributed by atoms with Crippen LogP contribution in [0.2, 0.25) is 0 Å². The van der Waals surface area contributed by atoms with Gasteiger partial charge in [-0.3, -0.25) is 14.5 Å². The quantitative estimate of drug-likeness (QED) is 0.353. The van der Waals surface area contributed by atoms with E-state index >= 15 is 0 Å². The molecule has 1 amide bonds. The van der Waals surface area contributed by atoms with Crippen LogP contribution in [0.15, 0.2) is 48.0 Å². The zero-order valence-corrected chi connectivity index (χ0v) is 20.5. The zero-order valence-electron chi connectivity index (χ0n) is 20.5. The maximum atomic E-state index is 13.3. The topological polar surface area (TPSA) is 88.5 Å². The SMILES string of the molecule is COc1ccc(/C(O)=C2\C(=O)C(=O)N(CCCN3CCOCC3)[C@H]2c2ccccc2OC)cc1C. The standard InChI is InChI=1S/C27H32N2O6/c1-18-17-19(9-10-21(18)33-2)25(30)23-24(20-7-4-5-8-22(20)34-3)29(27(32)26(23)31)12-6-11-28-13-15-35-16-14-28/h4-5,7-10,17,24,30H,6,11-16H2,1-3H3/b25-23+/t24-/m0/s1. The molecular weight excluding hydrogens is 448 g/mol. The zero-order chi connectivity index (χ0) is 24.9. The Hall–Kier alpha value is -3.36. The van der Waals surface area contributed by atoms with Crippen molar-refractivity contribution in [3.63, 3.8) is 0 Å². The molecule has 35 heavy (non-hydrogen) atoms. The van der Waals surface area contributed by atoms with Gasteiger partial charge in [0.1, 0.15) is 17.3 Å². The van der Waals surface area contributed by atoms with Crippen LogP contribution < -0.4 is 9.47 Å². The number of aryl methyl sites for hydroxylation is 1. The predicted octanol–water partition coefficient (Wildman–Crippen LogP) is 3.16. The van der Waals surface area contributed by atoms with Crippen LogP contribution >= 0.6 is 0 Å². The maximum absolute atomic E-state index is 13.3. The minimum Gasteiger partial charge on any atom is -0.507 e. The van der Waals surface area contributed by atoms with E-state index in [0.29, 0.717) is 48.8 Å². The first kappa shape index (κ1) is 24.8. The Balaban J connectivity index is 1.72. The van der Waals surface area contributed by atoms with E-state index in [1.54, 1.807) is 43.4 Å². The van der Waals surface area contributed by atoms with Crippen LogP contribution in [0.4, 0.5) is 0 Å². The van der Waals surface area contributed by atoms with Crippen LogP contribution in [0, 0.1) is 6.92 Å². The van der Waals surface area contributed by atoms with E-state index in [4.69, 9.17) is 14.2 Å². The van der Waals surface area contributed by atoms with Gasteiger partial charge in [0, 0.05) is 37.3 Å². The Bertz CT molecular complexity index is 1120. The molecule has 2 aliphatic rings. The van der Waals surface area contributed by atoms with Crippen LogP contribution in [0.3, 0.4) is 0 Å². The summed E-state index contributed by atoms with van der Waals surface area (Å²) in [6, 6.07) is 11.7. The molecule has 0 bridgehead atoms. The van der Waals surface area contributed by atoms with Crippen LogP contribution in [-0.4, -0.2) is 80.2 Å². The van der Waals surface area contributed by atoms with Crippen molar-refractivity contribution in [2.45, 2.75) is 19.4 Å². The third-order valence-electron chi connectivity index (χ3n) is 6.62. The Morgan fingerprint density at radius 3 is 2.43 bits per heavy atom. The molecule has 0 aliphatic carbocycles. The molecule has 8 nitrogen and oxygen atoms in total. The van der Waals surface area contributed by atoms with Crippen molar-refractivity contribution in [3.8, 4) is 11.5 Å². The lowest BCUT2D eigenvalue weighted by molar-refractivity contribution is -0.140. The minimum atomic E-state index is -0.752. The molecule has 0 saturated carbocycles. The fraction of sp³-hybridized carbons (Fsp3) is 0.407. The van der Waals surface area contributed by atoms with Gasteiger partial charge in [0.15, 0.2) is 0 Å². The van der Waals surface area contributed by atoms with E-state index in [1.807, 2.05) is 25.1 Å². The summed E-state index contributed by atoms with van der Waals surface area (Å²) in [6.45, 7) is 6.14. The van der Waals surface area contributed by atoms with E-state index in [9.17, 15) is 14.7 Å². The second kappa shape index (κ2) is 10.9. The highest BCUT2D eigenvalue weighted by atomic mass is 16.5. The second-order valence-corrected chi connectivity index (χ2v) is 8.73. The highest BCUT2D eigenvalue weighted by Gasteiger charge is 2.46. The van der Waals surface area contributed by atoms with Gasteiger partial charge in [0.25, 0.3) is 11.7 Å². The number of hydrogen-bond donors (Lipinski definition) is 1. The summed E-state index contributed by atoms with van der Waals surface area (Å²) in [5.41, 5.74) is 1.99. The average Bonchev–Trinajstić information content (AvgIpc) is 3.13. The van der Waals surface area contributed by atoms with Crippen molar-refractivity contribution in [1.82, 2.24) is 9.80 Å². The molecule has 186 valence electrons. The van der Waals surface area contributed by atoms with E-state index in [-0.39, 0.29) is 11.3 Å². The Morgan fingerprint density at radius 1 is 1.03 bits per heavy atom. The van der Waals surface area contributed by atoms with Gasteiger partial charge in [-0.2, -0.15) is 0 Å². The molecular formula is C27H32N2O6. The molecule has 2 aromatic carbocycles. The summed E-state index contributed by atoms with van der Waals surface area (Å²) >= 11 is 0. The molecule has 0 unspecified atom stereocenters. The molecule has 4 rings (SSSR count). The first-order chi connectivity index (χ1) is 17.0. The number of ether oxygens (including phenoxy) is 3. The number of carbonyl (C=O) groups excluding carboxylic acids is 2. The molecule has 2 saturated heterocycles. The molecule has 2 heterocycles. The molecule has 2 aliphatic heterocycles. The van der Waals surface area contributed by atoms with Gasteiger partial charge in [0.2, 0.25) is 0 Å². The number of morpholine rings is 1. The van der Waals surface area contributed by atoms with Gasteiger partial charge in [-0.25, -0.2) is 0 Å². The number of aliphatic hydroxyl groups excluding tert-OH is 1. The summed E-state index contributed by atoms with van der Waals surface area (Å²) in [5, 5.41) is 11.3. The Labute approximate surface area is 205 Å². The average molecular weight is 481 g/mol. The summed E-state index contributed by atoms with van der Waals surface area (Å²) in [4.78, 5) is 30.4. The third-order valence-corrected chi connectivity index (χ3v) is 6.62. The number of aliphatic hydroxyl groups is 1. The number of likely N-dealkylation sites (tertiary alicyclic amines) is 1. The van der Waals surface area contributed by atoms with E-state index in [0.717, 1.165) is 25.2 Å². The van der Waals surface area contributed by atoms with Crippen molar-refractivity contribution < 1.29 is 28.9 Å². The lowest BCUT2D eigenvalue weighted by Gasteiger charge is -2.29. The number of Topliss-reactive ketones (excluding diaryl/α,β-unsaturated/α-hetero) is 1. The van der Waals surface area contributed by atoms with Crippen LogP contribution in [-0.2, 0) is 14.3 Å². The number of nitrogens with zero attached hydrogens (tertiary/aromatic N) is 2. The van der Waals surface area contributed by atoms with E-state index in [2.05, 4.69) is 4.90 Å². The maximum Gasteiger partial charge on any atom is 0.295 e. The monoisotopic (exact) mass is 480 g/mol. The molecule has 0 radical (unpaired) electrons. The number of rotatable bonds is 8. The molecule has 1 atom stereocenters. The summed E-state index contributed by atoms with van der Waals surface area (Å²) in [7, 11) is 3.13. The molecule has 8 heteroatoms. The first-order valence-corrected chi connectivity index (χ1v) is 11.8. The largest absolute Gasteiger partial charge is 0.507 e. The number of methoxy groups -OCH3 is 2. The molecule has 0 aromatic heterocycles. The molecule has 2 aromatic rings. The summed E-state index contributed by atoms with van der Waals surface area (Å²) < 4.78 is 16.3.